The summed E-state index contributed by atoms with van der Waals surface area (Å²) in [5.41, 5.74) is 0.782. The number of carbonyl (C=O) groups is 4. The molecule has 1 saturated heterocycles. The summed E-state index contributed by atoms with van der Waals surface area (Å²) in [4.78, 5) is 49.1. The van der Waals surface area contributed by atoms with E-state index in [9.17, 15) is 19.2 Å². The zero-order chi connectivity index (χ0) is 20.5. The van der Waals surface area contributed by atoms with E-state index in [1.165, 1.54) is 11.8 Å². The van der Waals surface area contributed by atoms with Gasteiger partial charge in [0, 0.05) is 13.5 Å². The summed E-state index contributed by atoms with van der Waals surface area (Å²) in [5, 5.41) is 2.32. The van der Waals surface area contributed by atoms with Gasteiger partial charge >= 0.3 is 18.0 Å². The summed E-state index contributed by atoms with van der Waals surface area (Å²) in [6.07, 6.45) is 0.346. The Morgan fingerprint density at radius 3 is 2.54 bits per heavy atom. The number of esters is 2. The number of alkyl carbamates (subject to hydrolysis) is 1. The van der Waals surface area contributed by atoms with Crippen molar-refractivity contribution < 1.29 is 33.4 Å². The number of nitrogens with zero attached hydrogens (tertiary/aromatic N) is 1. The van der Waals surface area contributed by atoms with Crippen LogP contribution in [0.25, 0.3) is 0 Å². The molecule has 0 spiro atoms. The quantitative estimate of drug-likeness (QED) is 0.544. The van der Waals surface area contributed by atoms with Crippen molar-refractivity contribution >= 4 is 23.9 Å². The summed E-state index contributed by atoms with van der Waals surface area (Å²) in [6.45, 7) is 1.47. The molecule has 1 aromatic carbocycles. The van der Waals surface area contributed by atoms with Crippen molar-refractivity contribution in [2.75, 3.05) is 20.3 Å². The fourth-order valence-corrected chi connectivity index (χ4v) is 2.87. The van der Waals surface area contributed by atoms with Crippen LogP contribution in [0.15, 0.2) is 30.3 Å². The van der Waals surface area contributed by atoms with Gasteiger partial charge in [-0.05, 0) is 18.4 Å². The Kier molecular flexibility index (Phi) is 7.79. The molecule has 0 aromatic heterocycles. The van der Waals surface area contributed by atoms with Crippen molar-refractivity contribution in [2.45, 2.75) is 38.5 Å². The minimum absolute atomic E-state index is 0.0238. The molecule has 1 N–H and O–H groups in total. The van der Waals surface area contributed by atoms with Crippen LogP contribution in [-0.2, 0) is 35.2 Å². The van der Waals surface area contributed by atoms with E-state index in [2.05, 4.69) is 10.1 Å². The van der Waals surface area contributed by atoms with Crippen LogP contribution in [0.2, 0.25) is 0 Å². The maximum Gasteiger partial charge on any atom is 0.408 e. The van der Waals surface area contributed by atoms with Crippen LogP contribution in [0, 0.1) is 0 Å². The molecule has 0 bridgehead atoms. The number of nitrogens with one attached hydrogen (secondary N) is 1. The fraction of sp³-hybridized carbons (Fsp3) is 0.474. The SMILES string of the molecule is COC(=O)[C@H](COC(=O)[C@@H]1CCCN1C(C)=O)NC(=O)OCc1ccccc1. The smallest absolute Gasteiger partial charge is 0.408 e. The van der Waals surface area contributed by atoms with E-state index in [1.807, 2.05) is 6.07 Å². The van der Waals surface area contributed by atoms with Crippen molar-refractivity contribution in [1.29, 1.82) is 0 Å². The Morgan fingerprint density at radius 2 is 1.89 bits per heavy atom. The third-order valence-corrected chi connectivity index (χ3v) is 4.31. The molecule has 9 heteroatoms. The van der Waals surface area contributed by atoms with Crippen molar-refractivity contribution in [3.8, 4) is 0 Å². The number of methoxy groups -OCH3 is 1. The van der Waals surface area contributed by atoms with E-state index in [4.69, 9.17) is 9.47 Å². The first-order valence-electron chi connectivity index (χ1n) is 8.91. The highest BCUT2D eigenvalue weighted by atomic mass is 16.6. The van der Waals surface area contributed by atoms with Crippen LogP contribution in [0.5, 0.6) is 0 Å². The first-order valence-corrected chi connectivity index (χ1v) is 8.91. The van der Waals surface area contributed by atoms with Gasteiger partial charge in [-0.3, -0.25) is 4.79 Å². The lowest BCUT2D eigenvalue weighted by Crippen LogP contribution is -2.47. The predicted octanol–water partition coefficient (Wildman–Crippen LogP) is 1.01. The van der Waals surface area contributed by atoms with E-state index in [-0.39, 0.29) is 12.5 Å². The number of hydrogen-bond acceptors (Lipinski definition) is 7. The first-order chi connectivity index (χ1) is 13.4. The van der Waals surface area contributed by atoms with Crippen LogP contribution in [-0.4, -0.2) is 61.2 Å². The lowest BCUT2D eigenvalue weighted by molar-refractivity contribution is -0.156. The molecule has 1 fully saturated rings. The van der Waals surface area contributed by atoms with Crippen molar-refractivity contribution in [3.05, 3.63) is 35.9 Å². The highest BCUT2D eigenvalue weighted by molar-refractivity contribution is 5.85. The Morgan fingerprint density at radius 1 is 1.18 bits per heavy atom. The van der Waals surface area contributed by atoms with E-state index >= 15 is 0 Å². The Bertz CT molecular complexity index is 707. The third-order valence-electron chi connectivity index (χ3n) is 4.31. The molecule has 152 valence electrons. The van der Waals surface area contributed by atoms with E-state index in [0.29, 0.717) is 19.4 Å². The van der Waals surface area contributed by atoms with Gasteiger partial charge in [0.15, 0.2) is 6.04 Å². The summed E-state index contributed by atoms with van der Waals surface area (Å²) >= 11 is 0. The molecule has 1 heterocycles. The van der Waals surface area contributed by atoms with Gasteiger partial charge in [-0.15, -0.1) is 0 Å². The molecule has 2 amide bonds. The largest absolute Gasteiger partial charge is 0.467 e. The second-order valence-electron chi connectivity index (χ2n) is 6.28. The molecule has 1 aromatic rings. The zero-order valence-corrected chi connectivity index (χ0v) is 15.9. The van der Waals surface area contributed by atoms with Crippen LogP contribution in [0.1, 0.15) is 25.3 Å². The molecule has 0 saturated carbocycles. The van der Waals surface area contributed by atoms with E-state index in [0.717, 1.165) is 12.7 Å². The van der Waals surface area contributed by atoms with Gasteiger partial charge in [0.2, 0.25) is 5.91 Å². The van der Waals surface area contributed by atoms with Crippen molar-refractivity contribution in [2.24, 2.45) is 0 Å². The normalized spacial score (nSPS) is 16.8. The summed E-state index contributed by atoms with van der Waals surface area (Å²) in [5.74, 6) is -1.62. The monoisotopic (exact) mass is 392 g/mol. The number of rotatable bonds is 7. The summed E-state index contributed by atoms with van der Waals surface area (Å²) in [6, 6.07) is 7.12. The van der Waals surface area contributed by atoms with Crippen LogP contribution in [0.3, 0.4) is 0 Å². The lowest BCUT2D eigenvalue weighted by Gasteiger charge is -2.23. The standard InChI is InChI=1S/C19H24N2O7/c1-13(22)21-10-6-9-16(21)18(24)27-12-15(17(23)26-2)20-19(25)28-11-14-7-4-3-5-8-14/h3-5,7-8,15-16H,6,9-12H2,1-2H3,(H,20,25)/t15-,16-/m0/s1. The average Bonchev–Trinajstić information content (AvgIpc) is 3.20. The van der Waals surface area contributed by atoms with E-state index < -0.39 is 36.7 Å². The Hall–Kier alpha value is -3.10. The number of carbonyl (C=O) groups excluding carboxylic acids is 4. The second kappa shape index (κ2) is 10.3. The van der Waals surface area contributed by atoms with Crippen LogP contribution in [0.4, 0.5) is 4.79 Å². The molecule has 0 radical (unpaired) electrons. The molecule has 9 nitrogen and oxygen atoms in total. The maximum absolute atomic E-state index is 12.3. The topological polar surface area (TPSA) is 111 Å². The van der Waals surface area contributed by atoms with Gasteiger partial charge in [-0.25, -0.2) is 14.4 Å². The molecule has 0 aliphatic carbocycles. The molecule has 2 rings (SSSR count). The lowest BCUT2D eigenvalue weighted by atomic mass is 10.2. The molecule has 1 aliphatic heterocycles. The van der Waals surface area contributed by atoms with Gasteiger partial charge in [0.05, 0.1) is 7.11 Å². The van der Waals surface area contributed by atoms with Gasteiger partial charge in [0.25, 0.3) is 0 Å². The molecular weight excluding hydrogens is 368 g/mol. The fourth-order valence-electron chi connectivity index (χ4n) is 2.87. The van der Waals surface area contributed by atoms with E-state index in [1.54, 1.807) is 24.3 Å². The maximum atomic E-state index is 12.3. The summed E-state index contributed by atoms with van der Waals surface area (Å²) < 4.78 is 14.8. The van der Waals surface area contributed by atoms with Gasteiger partial charge in [0.1, 0.15) is 19.3 Å². The Labute approximate surface area is 162 Å². The van der Waals surface area contributed by atoms with Crippen LogP contribution >= 0.6 is 0 Å². The number of ether oxygens (including phenoxy) is 3. The minimum atomic E-state index is -1.22. The number of benzene rings is 1. The average molecular weight is 392 g/mol. The molecular formula is C19H24N2O7. The number of hydrogen-bond donors (Lipinski definition) is 1. The number of likely N-dealkylation sites (tertiary alicyclic amines) is 1. The van der Waals surface area contributed by atoms with Gasteiger partial charge in [-0.2, -0.15) is 0 Å². The molecule has 2 atom stereocenters. The van der Waals surface area contributed by atoms with Crippen LogP contribution < -0.4 is 5.32 Å². The molecule has 28 heavy (non-hydrogen) atoms. The molecule has 0 unspecified atom stereocenters. The van der Waals surface area contributed by atoms with Gasteiger partial charge in [-0.1, -0.05) is 30.3 Å². The Balaban J connectivity index is 1.87. The number of amides is 2. The highest BCUT2D eigenvalue weighted by Gasteiger charge is 2.34. The van der Waals surface area contributed by atoms with Crippen molar-refractivity contribution in [1.82, 2.24) is 10.2 Å². The predicted molar refractivity (Wildman–Crippen MR) is 96.9 cm³/mol. The second-order valence-corrected chi connectivity index (χ2v) is 6.28. The zero-order valence-electron chi connectivity index (χ0n) is 15.9. The highest BCUT2D eigenvalue weighted by Crippen LogP contribution is 2.18. The first kappa shape index (κ1) is 21.2. The van der Waals surface area contributed by atoms with Gasteiger partial charge < -0.3 is 24.4 Å². The minimum Gasteiger partial charge on any atom is -0.467 e. The summed E-state index contributed by atoms with van der Waals surface area (Å²) in [7, 11) is 1.16. The molecule has 1 aliphatic rings. The van der Waals surface area contributed by atoms with Crippen molar-refractivity contribution in [3.63, 3.8) is 0 Å². The third kappa shape index (κ3) is 5.97.